The van der Waals surface area contributed by atoms with Crippen LogP contribution in [0.15, 0.2) is 18.3 Å². The van der Waals surface area contributed by atoms with Crippen LogP contribution in [-0.2, 0) is 17.7 Å². The van der Waals surface area contributed by atoms with E-state index in [0.29, 0.717) is 37.5 Å². The number of nitrogens with two attached hydrogens (primary N) is 2. The molecule has 0 fully saturated rings. The van der Waals surface area contributed by atoms with Gasteiger partial charge in [0.1, 0.15) is 22.4 Å². The minimum absolute atomic E-state index is 0. The second-order valence-corrected chi connectivity index (χ2v) is 4.78. The number of methoxy groups -OCH3 is 1. The molecular formula is C14H19ClN6O. The molecule has 22 heavy (non-hydrogen) atoms. The van der Waals surface area contributed by atoms with Crippen molar-refractivity contribution in [3.05, 3.63) is 24.2 Å². The Morgan fingerprint density at radius 3 is 2.82 bits per heavy atom. The van der Waals surface area contributed by atoms with Crippen LogP contribution in [0.5, 0.6) is 0 Å². The smallest absolute Gasteiger partial charge is 0.152 e. The summed E-state index contributed by atoms with van der Waals surface area (Å²) in [4.78, 5) is 13.4. The van der Waals surface area contributed by atoms with Crippen molar-refractivity contribution < 1.29 is 4.74 Å². The second kappa shape index (κ2) is 6.87. The first-order valence-corrected chi connectivity index (χ1v) is 6.84. The SMILES string of the molecule is COCCc1nc2c(N)nc3cccnc3c2n1CCN.Cl. The summed E-state index contributed by atoms with van der Waals surface area (Å²) in [6, 6.07) is 3.74. The Hall–Kier alpha value is -1.96. The molecule has 3 rings (SSSR count). The van der Waals surface area contributed by atoms with E-state index in [1.54, 1.807) is 13.3 Å². The van der Waals surface area contributed by atoms with Gasteiger partial charge in [-0.2, -0.15) is 0 Å². The molecule has 0 spiro atoms. The van der Waals surface area contributed by atoms with Crippen LogP contribution < -0.4 is 11.5 Å². The first kappa shape index (κ1) is 16.4. The lowest BCUT2D eigenvalue weighted by Gasteiger charge is -2.08. The van der Waals surface area contributed by atoms with Gasteiger partial charge >= 0.3 is 0 Å². The van der Waals surface area contributed by atoms with Crippen LogP contribution in [-0.4, -0.2) is 39.8 Å². The fraction of sp³-hybridized carbons (Fsp3) is 0.357. The third kappa shape index (κ3) is 2.70. The molecule has 0 amide bonds. The maximum atomic E-state index is 6.05. The molecule has 0 radical (unpaired) electrons. The minimum atomic E-state index is 0. The van der Waals surface area contributed by atoms with Crippen molar-refractivity contribution in [3.8, 4) is 0 Å². The highest BCUT2D eigenvalue weighted by Crippen LogP contribution is 2.27. The molecular weight excluding hydrogens is 304 g/mol. The van der Waals surface area contributed by atoms with E-state index in [0.717, 1.165) is 22.4 Å². The zero-order valence-corrected chi connectivity index (χ0v) is 13.1. The van der Waals surface area contributed by atoms with Gasteiger partial charge in [-0.1, -0.05) is 0 Å². The van der Waals surface area contributed by atoms with E-state index in [9.17, 15) is 0 Å². The Kier molecular flexibility index (Phi) is 5.12. The van der Waals surface area contributed by atoms with Crippen LogP contribution in [0.4, 0.5) is 5.82 Å². The largest absolute Gasteiger partial charge is 0.384 e. The summed E-state index contributed by atoms with van der Waals surface area (Å²) >= 11 is 0. The number of halogens is 1. The molecule has 0 bridgehead atoms. The molecule has 3 heterocycles. The van der Waals surface area contributed by atoms with Gasteiger partial charge in [0.05, 0.1) is 12.1 Å². The number of anilines is 1. The predicted molar refractivity (Wildman–Crippen MR) is 89.1 cm³/mol. The van der Waals surface area contributed by atoms with E-state index in [1.165, 1.54) is 0 Å². The van der Waals surface area contributed by atoms with Gasteiger partial charge in [-0.3, -0.25) is 4.98 Å². The van der Waals surface area contributed by atoms with Crippen LogP contribution >= 0.6 is 12.4 Å². The highest BCUT2D eigenvalue weighted by molar-refractivity contribution is 6.04. The zero-order valence-electron chi connectivity index (χ0n) is 12.3. The number of nitrogens with zero attached hydrogens (tertiary/aromatic N) is 4. The number of rotatable bonds is 5. The Morgan fingerprint density at radius 2 is 2.09 bits per heavy atom. The Labute approximate surface area is 134 Å². The molecule has 0 aromatic carbocycles. The van der Waals surface area contributed by atoms with Gasteiger partial charge in [-0.25, -0.2) is 9.97 Å². The lowest BCUT2D eigenvalue weighted by atomic mass is 10.2. The van der Waals surface area contributed by atoms with Crippen molar-refractivity contribution in [2.45, 2.75) is 13.0 Å². The van der Waals surface area contributed by atoms with E-state index < -0.39 is 0 Å². The molecule has 0 aliphatic carbocycles. The van der Waals surface area contributed by atoms with Crippen molar-refractivity contribution in [1.29, 1.82) is 0 Å². The maximum Gasteiger partial charge on any atom is 0.152 e. The number of pyridine rings is 2. The summed E-state index contributed by atoms with van der Waals surface area (Å²) < 4.78 is 7.22. The lowest BCUT2D eigenvalue weighted by molar-refractivity contribution is 0.199. The molecule has 7 nitrogen and oxygen atoms in total. The number of aromatic nitrogens is 4. The number of hydrogen-bond acceptors (Lipinski definition) is 6. The van der Waals surface area contributed by atoms with Crippen LogP contribution in [0.3, 0.4) is 0 Å². The molecule has 3 aromatic rings. The standard InChI is InChI=1S/C14H18N6O.ClH/c1-21-8-4-10-19-12-13(20(10)7-5-15)11-9(18-14(12)16)3-2-6-17-11;/h2-3,6H,4-5,7-8,15H2,1H3,(H2,16,18);1H. The topological polar surface area (TPSA) is 105 Å². The van der Waals surface area contributed by atoms with Gasteiger partial charge in [0, 0.05) is 32.8 Å². The molecule has 8 heteroatoms. The van der Waals surface area contributed by atoms with Crippen LogP contribution in [0.25, 0.3) is 22.1 Å². The molecule has 0 saturated carbocycles. The number of nitrogen functional groups attached to an aromatic ring is 1. The minimum Gasteiger partial charge on any atom is -0.384 e. The third-order valence-electron chi connectivity index (χ3n) is 3.42. The van der Waals surface area contributed by atoms with Crippen molar-refractivity contribution >= 4 is 40.3 Å². The van der Waals surface area contributed by atoms with E-state index in [4.69, 9.17) is 16.2 Å². The van der Waals surface area contributed by atoms with E-state index >= 15 is 0 Å². The van der Waals surface area contributed by atoms with Gasteiger partial charge in [0.2, 0.25) is 0 Å². The Balaban J connectivity index is 0.00000176. The van der Waals surface area contributed by atoms with Crippen LogP contribution in [0.2, 0.25) is 0 Å². The number of hydrogen-bond donors (Lipinski definition) is 2. The molecule has 118 valence electrons. The van der Waals surface area contributed by atoms with E-state index in [2.05, 4.69) is 19.5 Å². The third-order valence-corrected chi connectivity index (χ3v) is 3.42. The van der Waals surface area contributed by atoms with Crippen molar-refractivity contribution in [2.75, 3.05) is 26.0 Å². The van der Waals surface area contributed by atoms with Gasteiger partial charge < -0.3 is 20.8 Å². The summed E-state index contributed by atoms with van der Waals surface area (Å²) in [6.45, 7) is 1.76. The van der Waals surface area contributed by atoms with Crippen LogP contribution in [0.1, 0.15) is 5.82 Å². The molecule has 0 saturated heterocycles. The number of imidazole rings is 1. The first-order chi connectivity index (χ1) is 10.3. The maximum absolute atomic E-state index is 6.05. The van der Waals surface area contributed by atoms with Gasteiger partial charge in [-0.05, 0) is 12.1 Å². The second-order valence-electron chi connectivity index (χ2n) is 4.78. The fourth-order valence-electron chi connectivity index (χ4n) is 2.52. The molecule has 0 aliphatic heterocycles. The Bertz CT molecular complexity index is 788. The Morgan fingerprint density at radius 1 is 1.27 bits per heavy atom. The van der Waals surface area contributed by atoms with Crippen molar-refractivity contribution in [2.24, 2.45) is 5.73 Å². The molecule has 0 atom stereocenters. The zero-order chi connectivity index (χ0) is 14.8. The predicted octanol–water partition coefficient (Wildman–Crippen LogP) is 1.13. The average molecular weight is 323 g/mol. The van der Waals surface area contributed by atoms with Crippen LogP contribution in [0, 0.1) is 0 Å². The average Bonchev–Trinajstić information content (AvgIpc) is 2.85. The molecule has 0 aliphatic rings. The normalized spacial score (nSPS) is 11.0. The monoisotopic (exact) mass is 322 g/mol. The molecule has 0 unspecified atom stereocenters. The van der Waals surface area contributed by atoms with Crippen molar-refractivity contribution in [1.82, 2.24) is 19.5 Å². The summed E-state index contributed by atoms with van der Waals surface area (Å²) in [6.07, 6.45) is 2.44. The summed E-state index contributed by atoms with van der Waals surface area (Å²) in [5.74, 6) is 1.31. The molecule has 4 N–H and O–H groups in total. The highest BCUT2D eigenvalue weighted by Gasteiger charge is 2.17. The summed E-state index contributed by atoms with van der Waals surface area (Å²) in [5, 5.41) is 0. The first-order valence-electron chi connectivity index (χ1n) is 6.84. The van der Waals surface area contributed by atoms with Gasteiger partial charge in [-0.15, -0.1) is 12.4 Å². The van der Waals surface area contributed by atoms with Crippen molar-refractivity contribution in [3.63, 3.8) is 0 Å². The summed E-state index contributed by atoms with van der Waals surface area (Å²) in [5.41, 5.74) is 14.9. The fourth-order valence-corrected chi connectivity index (χ4v) is 2.52. The van der Waals surface area contributed by atoms with Gasteiger partial charge in [0.25, 0.3) is 0 Å². The molecule has 3 aromatic heterocycles. The number of ether oxygens (including phenoxy) is 1. The van der Waals surface area contributed by atoms with Gasteiger partial charge in [0.15, 0.2) is 5.82 Å². The van der Waals surface area contributed by atoms with E-state index in [1.807, 2.05) is 12.1 Å². The lowest BCUT2D eigenvalue weighted by Crippen LogP contribution is -2.14. The number of fused-ring (bicyclic) bond motifs is 3. The quantitative estimate of drug-likeness (QED) is 0.729. The summed E-state index contributed by atoms with van der Waals surface area (Å²) in [7, 11) is 1.67. The van der Waals surface area contributed by atoms with E-state index in [-0.39, 0.29) is 12.4 Å². The highest BCUT2D eigenvalue weighted by atomic mass is 35.5.